The number of quaternary nitrogens is 1. The van der Waals surface area contributed by atoms with Gasteiger partial charge in [0.15, 0.2) is 11.8 Å². The number of hydrogen-bond acceptors (Lipinski definition) is 2. The van der Waals surface area contributed by atoms with E-state index in [1.165, 1.54) is 5.56 Å². The van der Waals surface area contributed by atoms with Crippen LogP contribution in [0.3, 0.4) is 0 Å². The Hall–Kier alpha value is -2.07. The molecule has 1 aromatic heterocycles. The van der Waals surface area contributed by atoms with Crippen molar-refractivity contribution in [3.8, 4) is 0 Å². The van der Waals surface area contributed by atoms with E-state index in [-0.39, 0.29) is 18.0 Å². The van der Waals surface area contributed by atoms with E-state index in [9.17, 15) is 4.79 Å². The van der Waals surface area contributed by atoms with Gasteiger partial charge in [-0.3, -0.25) is 4.79 Å². The van der Waals surface area contributed by atoms with Crippen LogP contribution in [0.15, 0.2) is 34.9 Å². The van der Waals surface area contributed by atoms with Crippen LogP contribution in [0.5, 0.6) is 0 Å². The fraction of sp³-hybridized carbons (Fsp3) is 0.389. The number of furan rings is 1. The van der Waals surface area contributed by atoms with Crippen molar-refractivity contribution in [1.82, 2.24) is 0 Å². The smallest absolute Gasteiger partial charge is 0.282 e. The second kappa shape index (κ2) is 6.79. The van der Waals surface area contributed by atoms with Gasteiger partial charge < -0.3 is 15.1 Å². The summed E-state index contributed by atoms with van der Waals surface area (Å²) in [6, 6.07) is 7.88. The van der Waals surface area contributed by atoms with Crippen LogP contribution in [-0.2, 0) is 4.79 Å². The van der Waals surface area contributed by atoms with E-state index >= 15 is 0 Å². The number of nitrogens with two attached hydrogens (primary N) is 1. The third kappa shape index (κ3) is 3.77. The van der Waals surface area contributed by atoms with Gasteiger partial charge in [-0.1, -0.05) is 17.7 Å². The van der Waals surface area contributed by atoms with Crippen LogP contribution in [0.1, 0.15) is 42.3 Å². The number of nitrogens with one attached hydrogen (secondary N) is 1. The lowest BCUT2D eigenvalue weighted by molar-refractivity contribution is -0.711. The van der Waals surface area contributed by atoms with Gasteiger partial charge in [0.2, 0.25) is 0 Å². The lowest BCUT2D eigenvalue weighted by Crippen LogP contribution is -2.91. The Morgan fingerprint density at radius 2 is 1.82 bits per heavy atom. The van der Waals surface area contributed by atoms with Gasteiger partial charge in [-0.05, 0) is 57.9 Å². The maximum atomic E-state index is 12.4. The monoisotopic (exact) mass is 301 g/mol. The second-order valence-corrected chi connectivity index (χ2v) is 6.05. The van der Waals surface area contributed by atoms with E-state index in [1.54, 1.807) is 6.26 Å². The van der Waals surface area contributed by atoms with Crippen molar-refractivity contribution in [2.75, 3.05) is 5.32 Å². The summed E-state index contributed by atoms with van der Waals surface area (Å²) in [5.41, 5.74) is 4.31. The molecule has 1 aromatic carbocycles. The molecule has 0 radical (unpaired) electrons. The van der Waals surface area contributed by atoms with Gasteiger partial charge in [-0.15, -0.1) is 0 Å². The van der Waals surface area contributed by atoms with Gasteiger partial charge in [-0.2, -0.15) is 0 Å². The average Bonchev–Trinajstić information content (AvgIpc) is 2.96. The van der Waals surface area contributed by atoms with Crippen LogP contribution in [0.2, 0.25) is 0 Å². The van der Waals surface area contributed by atoms with Crippen molar-refractivity contribution in [1.29, 1.82) is 0 Å². The summed E-state index contributed by atoms with van der Waals surface area (Å²) < 4.78 is 5.38. The first kappa shape index (κ1) is 16.3. The van der Waals surface area contributed by atoms with E-state index < -0.39 is 0 Å². The number of hydrogen-bond donors (Lipinski definition) is 2. The Bertz CT molecular complexity index is 624. The van der Waals surface area contributed by atoms with Crippen LogP contribution < -0.4 is 10.6 Å². The summed E-state index contributed by atoms with van der Waals surface area (Å²) in [6.07, 6.45) is 1.66. The largest absolute Gasteiger partial charge is 0.463 e. The van der Waals surface area contributed by atoms with E-state index in [0.717, 1.165) is 22.6 Å². The molecule has 118 valence electrons. The first-order valence-corrected chi connectivity index (χ1v) is 7.65. The van der Waals surface area contributed by atoms with E-state index in [4.69, 9.17) is 4.42 Å². The van der Waals surface area contributed by atoms with Crippen molar-refractivity contribution in [2.45, 2.75) is 46.7 Å². The molecule has 2 rings (SSSR count). The van der Waals surface area contributed by atoms with Crippen LogP contribution in [-0.4, -0.2) is 11.9 Å². The predicted octanol–water partition coefficient (Wildman–Crippen LogP) is 2.86. The molecule has 1 amide bonds. The van der Waals surface area contributed by atoms with Crippen molar-refractivity contribution < 1.29 is 14.5 Å². The SMILES string of the molecule is Cc1cc(C)c(NC(=O)[C@H](C)[NH2+][C@H](C)c2ccco2)c(C)c1. The van der Waals surface area contributed by atoms with E-state index in [1.807, 2.05) is 45.1 Å². The Morgan fingerprint density at radius 3 is 2.36 bits per heavy atom. The number of anilines is 1. The zero-order valence-corrected chi connectivity index (χ0v) is 13.9. The zero-order valence-electron chi connectivity index (χ0n) is 13.9. The van der Waals surface area contributed by atoms with Gasteiger partial charge in [0, 0.05) is 5.69 Å². The minimum absolute atomic E-state index is 0.00783. The van der Waals surface area contributed by atoms with Gasteiger partial charge in [0.05, 0.1) is 6.26 Å². The van der Waals surface area contributed by atoms with E-state index in [2.05, 4.69) is 24.4 Å². The second-order valence-electron chi connectivity index (χ2n) is 6.05. The summed E-state index contributed by atoms with van der Waals surface area (Å²) in [6.45, 7) is 10.1. The van der Waals surface area contributed by atoms with Crippen molar-refractivity contribution in [2.24, 2.45) is 0 Å². The minimum Gasteiger partial charge on any atom is -0.463 e. The van der Waals surface area contributed by atoms with Crippen LogP contribution in [0.25, 0.3) is 0 Å². The van der Waals surface area contributed by atoms with Gasteiger partial charge in [-0.25, -0.2) is 0 Å². The number of benzene rings is 1. The third-order valence-electron chi connectivity index (χ3n) is 3.91. The molecular weight excluding hydrogens is 276 g/mol. The topological polar surface area (TPSA) is 58.9 Å². The quantitative estimate of drug-likeness (QED) is 0.892. The highest BCUT2D eigenvalue weighted by Gasteiger charge is 2.22. The molecule has 0 fully saturated rings. The third-order valence-corrected chi connectivity index (χ3v) is 3.91. The zero-order chi connectivity index (χ0) is 16.3. The van der Waals surface area contributed by atoms with Crippen molar-refractivity contribution in [3.63, 3.8) is 0 Å². The molecule has 0 aliphatic carbocycles. The van der Waals surface area contributed by atoms with Crippen molar-refractivity contribution >= 4 is 11.6 Å². The number of carbonyl (C=O) groups excluding carboxylic acids is 1. The highest BCUT2D eigenvalue weighted by Crippen LogP contribution is 2.21. The normalized spacial score (nSPS) is 13.7. The molecule has 4 nitrogen and oxygen atoms in total. The molecule has 0 aliphatic heterocycles. The van der Waals surface area contributed by atoms with Gasteiger partial charge >= 0.3 is 0 Å². The number of aryl methyl sites for hydroxylation is 3. The molecule has 3 N–H and O–H groups in total. The van der Waals surface area contributed by atoms with Gasteiger partial charge in [0.1, 0.15) is 6.04 Å². The van der Waals surface area contributed by atoms with E-state index in [0.29, 0.717) is 0 Å². The Kier molecular flexibility index (Phi) is 5.03. The summed E-state index contributed by atoms with van der Waals surface area (Å²) >= 11 is 0. The first-order chi connectivity index (χ1) is 10.4. The molecule has 0 unspecified atom stereocenters. The predicted molar refractivity (Wildman–Crippen MR) is 87.8 cm³/mol. The molecule has 0 saturated carbocycles. The van der Waals surface area contributed by atoms with Crippen LogP contribution >= 0.6 is 0 Å². The summed E-state index contributed by atoms with van der Waals surface area (Å²) in [5.74, 6) is 0.885. The van der Waals surface area contributed by atoms with Gasteiger partial charge in [0.25, 0.3) is 5.91 Å². The molecular formula is C18H25N2O2+. The first-order valence-electron chi connectivity index (χ1n) is 7.65. The number of rotatable bonds is 5. The maximum absolute atomic E-state index is 12.4. The highest BCUT2D eigenvalue weighted by molar-refractivity contribution is 5.95. The number of amides is 1. The number of carbonyl (C=O) groups is 1. The standard InChI is InChI=1S/C18H24N2O2/c1-11-9-12(2)17(13(3)10-11)20-18(21)15(5)19-14(4)16-7-6-8-22-16/h6-10,14-15,19H,1-5H3,(H,20,21)/p+1/t14-,15+/m1/s1. The fourth-order valence-corrected chi connectivity index (χ4v) is 2.78. The lowest BCUT2D eigenvalue weighted by atomic mass is 10.0. The average molecular weight is 301 g/mol. The Balaban J connectivity index is 2.03. The summed E-state index contributed by atoms with van der Waals surface area (Å²) in [7, 11) is 0. The maximum Gasteiger partial charge on any atom is 0.282 e. The molecule has 2 atom stereocenters. The van der Waals surface area contributed by atoms with Crippen LogP contribution in [0, 0.1) is 20.8 Å². The summed E-state index contributed by atoms with van der Waals surface area (Å²) in [4.78, 5) is 12.4. The van der Waals surface area contributed by atoms with Crippen LogP contribution in [0.4, 0.5) is 5.69 Å². The fourth-order valence-electron chi connectivity index (χ4n) is 2.78. The molecule has 0 bridgehead atoms. The molecule has 4 heteroatoms. The lowest BCUT2D eigenvalue weighted by Gasteiger charge is -2.17. The summed E-state index contributed by atoms with van der Waals surface area (Å²) in [5, 5.41) is 5.06. The highest BCUT2D eigenvalue weighted by atomic mass is 16.3. The molecule has 0 spiro atoms. The minimum atomic E-state index is -0.194. The Morgan fingerprint density at radius 1 is 1.18 bits per heavy atom. The molecule has 0 saturated heterocycles. The molecule has 0 aliphatic rings. The molecule has 1 heterocycles. The van der Waals surface area contributed by atoms with Crippen molar-refractivity contribution in [3.05, 3.63) is 53.0 Å². The molecule has 2 aromatic rings. The molecule has 22 heavy (non-hydrogen) atoms. The Labute approximate surface area is 131 Å².